The number of amides is 1. The molecule has 0 heterocycles. The average Bonchev–Trinajstić information content (AvgIpc) is 2.30. The highest BCUT2D eigenvalue weighted by molar-refractivity contribution is 5.75. The largest absolute Gasteiger partial charge is 0.378 e. The van der Waals surface area contributed by atoms with Gasteiger partial charge >= 0.3 is 0 Å². The maximum Gasteiger partial charge on any atom is 0.220 e. The van der Waals surface area contributed by atoms with Crippen molar-refractivity contribution in [2.75, 3.05) is 39.5 Å². The minimum Gasteiger partial charge on any atom is -0.378 e. The molecule has 0 radical (unpaired) electrons. The van der Waals surface area contributed by atoms with Crippen molar-refractivity contribution >= 4 is 5.91 Å². The van der Waals surface area contributed by atoms with E-state index >= 15 is 0 Å². The van der Waals surface area contributed by atoms with Crippen molar-refractivity contribution in [1.29, 1.82) is 0 Å². The number of carbonyl (C=O) groups is 1. The van der Waals surface area contributed by atoms with Gasteiger partial charge in [0.1, 0.15) is 0 Å². The molecule has 0 saturated carbocycles. The zero-order chi connectivity index (χ0) is 12.9. The Kier molecular flexibility index (Phi) is 11.4. The summed E-state index contributed by atoms with van der Waals surface area (Å²) in [6.07, 6.45) is 1.52. The van der Waals surface area contributed by atoms with Gasteiger partial charge in [0, 0.05) is 19.5 Å². The minimum atomic E-state index is 0.0988. The third-order valence-electron chi connectivity index (χ3n) is 2.15. The molecule has 0 bridgehead atoms. The SMILES string of the molecule is CC(C)CCC(=O)NCCOCCOCCN. The second-order valence-electron chi connectivity index (χ2n) is 4.30. The monoisotopic (exact) mass is 246 g/mol. The summed E-state index contributed by atoms with van der Waals surface area (Å²) in [6.45, 7) is 7.50. The molecule has 0 fully saturated rings. The van der Waals surface area contributed by atoms with Crippen molar-refractivity contribution in [1.82, 2.24) is 5.32 Å². The van der Waals surface area contributed by atoms with Gasteiger partial charge in [-0.15, -0.1) is 0 Å². The lowest BCUT2D eigenvalue weighted by atomic mass is 10.1. The minimum absolute atomic E-state index is 0.0988. The van der Waals surface area contributed by atoms with Crippen LogP contribution in [0.3, 0.4) is 0 Å². The van der Waals surface area contributed by atoms with Gasteiger partial charge in [-0.05, 0) is 12.3 Å². The zero-order valence-electron chi connectivity index (χ0n) is 11.0. The molecule has 5 nitrogen and oxygen atoms in total. The summed E-state index contributed by atoms with van der Waals surface area (Å²) in [4.78, 5) is 11.3. The van der Waals surface area contributed by atoms with E-state index in [0.717, 1.165) is 6.42 Å². The Morgan fingerprint density at radius 3 is 2.41 bits per heavy atom. The Hall–Kier alpha value is -0.650. The van der Waals surface area contributed by atoms with E-state index in [-0.39, 0.29) is 5.91 Å². The van der Waals surface area contributed by atoms with E-state index in [2.05, 4.69) is 19.2 Å². The predicted molar refractivity (Wildman–Crippen MR) is 67.8 cm³/mol. The molecule has 0 aliphatic rings. The number of rotatable bonds is 11. The average molecular weight is 246 g/mol. The lowest BCUT2D eigenvalue weighted by Crippen LogP contribution is -2.27. The summed E-state index contributed by atoms with van der Waals surface area (Å²) in [7, 11) is 0. The fourth-order valence-corrected chi connectivity index (χ4v) is 1.18. The van der Waals surface area contributed by atoms with Crippen molar-refractivity contribution in [2.24, 2.45) is 11.7 Å². The number of nitrogens with one attached hydrogen (secondary N) is 1. The Balaban J connectivity index is 3.14. The maximum atomic E-state index is 11.3. The van der Waals surface area contributed by atoms with Crippen molar-refractivity contribution in [3.05, 3.63) is 0 Å². The van der Waals surface area contributed by atoms with Crippen molar-refractivity contribution in [3.8, 4) is 0 Å². The van der Waals surface area contributed by atoms with Crippen LogP contribution in [-0.4, -0.2) is 45.4 Å². The summed E-state index contributed by atoms with van der Waals surface area (Å²) >= 11 is 0. The van der Waals surface area contributed by atoms with Crippen LogP contribution < -0.4 is 11.1 Å². The highest BCUT2D eigenvalue weighted by Crippen LogP contribution is 2.02. The number of ether oxygens (including phenoxy) is 2. The van der Waals surface area contributed by atoms with Crippen molar-refractivity contribution in [2.45, 2.75) is 26.7 Å². The summed E-state index contributed by atoms with van der Waals surface area (Å²) < 4.78 is 10.4. The first-order chi connectivity index (χ1) is 8.16. The molecule has 0 aromatic heterocycles. The molecule has 0 aromatic rings. The summed E-state index contributed by atoms with van der Waals surface area (Å²) in [5.41, 5.74) is 5.26. The van der Waals surface area contributed by atoms with E-state index in [0.29, 0.717) is 51.9 Å². The summed E-state index contributed by atoms with van der Waals surface area (Å²) in [5.74, 6) is 0.665. The van der Waals surface area contributed by atoms with Crippen molar-refractivity contribution in [3.63, 3.8) is 0 Å². The van der Waals surface area contributed by atoms with E-state index in [4.69, 9.17) is 15.2 Å². The van der Waals surface area contributed by atoms with Crippen LogP contribution in [0, 0.1) is 5.92 Å². The van der Waals surface area contributed by atoms with Crippen LogP contribution in [0.15, 0.2) is 0 Å². The van der Waals surface area contributed by atoms with Crippen LogP contribution in [0.4, 0.5) is 0 Å². The molecule has 0 unspecified atom stereocenters. The molecule has 0 aliphatic carbocycles. The smallest absolute Gasteiger partial charge is 0.220 e. The zero-order valence-corrected chi connectivity index (χ0v) is 11.0. The fraction of sp³-hybridized carbons (Fsp3) is 0.917. The van der Waals surface area contributed by atoms with E-state index in [9.17, 15) is 4.79 Å². The van der Waals surface area contributed by atoms with Crippen LogP contribution >= 0.6 is 0 Å². The molecular formula is C12H26N2O3. The van der Waals surface area contributed by atoms with E-state index < -0.39 is 0 Å². The van der Waals surface area contributed by atoms with Crippen molar-refractivity contribution < 1.29 is 14.3 Å². The van der Waals surface area contributed by atoms with Gasteiger partial charge in [0.15, 0.2) is 0 Å². The van der Waals surface area contributed by atoms with Crippen LogP contribution in [-0.2, 0) is 14.3 Å². The Labute approximate surface area is 104 Å². The van der Waals surface area contributed by atoms with Crippen LogP contribution in [0.2, 0.25) is 0 Å². The summed E-state index contributed by atoms with van der Waals surface area (Å²) in [6, 6.07) is 0. The van der Waals surface area contributed by atoms with Crippen LogP contribution in [0.5, 0.6) is 0 Å². The van der Waals surface area contributed by atoms with Gasteiger partial charge in [0.25, 0.3) is 0 Å². The molecule has 5 heteroatoms. The molecule has 0 aromatic carbocycles. The number of hydrogen-bond donors (Lipinski definition) is 2. The van der Waals surface area contributed by atoms with Gasteiger partial charge < -0.3 is 20.5 Å². The second kappa shape index (κ2) is 11.8. The molecule has 1 amide bonds. The van der Waals surface area contributed by atoms with Crippen LogP contribution in [0.1, 0.15) is 26.7 Å². The Morgan fingerprint density at radius 1 is 1.18 bits per heavy atom. The van der Waals surface area contributed by atoms with E-state index in [1.54, 1.807) is 0 Å². The molecule has 0 aliphatic heterocycles. The van der Waals surface area contributed by atoms with E-state index in [1.807, 2.05) is 0 Å². The molecule has 0 spiro atoms. The van der Waals surface area contributed by atoms with Gasteiger partial charge in [0.2, 0.25) is 5.91 Å². The molecular weight excluding hydrogens is 220 g/mol. The van der Waals surface area contributed by atoms with Gasteiger partial charge in [0.05, 0.1) is 26.4 Å². The Bertz CT molecular complexity index is 187. The topological polar surface area (TPSA) is 73.6 Å². The van der Waals surface area contributed by atoms with Crippen LogP contribution in [0.25, 0.3) is 0 Å². The number of hydrogen-bond acceptors (Lipinski definition) is 4. The maximum absolute atomic E-state index is 11.3. The molecule has 3 N–H and O–H groups in total. The molecule has 0 saturated heterocycles. The normalized spacial score (nSPS) is 10.8. The molecule has 0 atom stereocenters. The molecule has 0 rings (SSSR count). The van der Waals surface area contributed by atoms with E-state index in [1.165, 1.54) is 0 Å². The quantitative estimate of drug-likeness (QED) is 0.522. The standard InChI is InChI=1S/C12H26N2O3/c1-11(2)3-4-12(15)14-6-8-17-10-9-16-7-5-13/h11H,3-10,13H2,1-2H3,(H,14,15). The third-order valence-corrected chi connectivity index (χ3v) is 2.15. The number of carbonyl (C=O) groups excluding carboxylic acids is 1. The number of nitrogens with two attached hydrogens (primary N) is 1. The first-order valence-electron chi connectivity index (χ1n) is 6.29. The van der Waals surface area contributed by atoms with Gasteiger partial charge in [-0.1, -0.05) is 13.8 Å². The highest BCUT2D eigenvalue weighted by Gasteiger charge is 2.02. The predicted octanol–water partition coefficient (Wildman–Crippen LogP) is 0.531. The highest BCUT2D eigenvalue weighted by atomic mass is 16.5. The Morgan fingerprint density at radius 2 is 1.82 bits per heavy atom. The summed E-state index contributed by atoms with van der Waals surface area (Å²) in [5, 5.41) is 2.82. The first kappa shape index (κ1) is 16.4. The first-order valence-corrected chi connectivity index (χ1v) is 6.29. The van der Waals surface area contributed by atoms with Gasteiger partial charge in [-0.3, -0.25) is 4.79 Å². The second-order valence-corrected chi connectivity index (χ2v) is 4.30. The van der Waals surface area contributed by atoms with Gasteiger partial charge in [-0.25, -0.2) is 0 Å². The third kappa shape index (κ3) is 13.3. The lowest BCUT2D eigenvalue weighted by Gasteiger charge is -2.07. The molecule has 17 heavy (non-hydrogen) atoms. The molecule has 102 valence electrons. The fourth-order valence-electron chi connectivity index (χ4n) is 1.18. The lowest BCUT2D eigenvalue weighted by molar-refractivity contribution is -0.121. The van der Waals surface area contributed by atoms with Gasteiger partial charge in [-0.2, -0.15) is 0 Å².